The Hall–Kier alpha value is -0.740. The lowest BCUT2D eigenvalue weighted by molar-refractivity contribution is 0.366. The summed E-state index contributed by atoms with van der Waals surface area (Å²) in [6.07, 6.45) is 3.10. The van der Waals surface area contributed by atoms with Gasteiger partial charge in [-0.2, -0.15) is 11.8 Å². The fourth-order valence-electron chi connectivity index (χ4n) is 2.22. The molecule has 0 amide bonds. The topological polar surface area (TPSA) is 34.2 Å². The first-order valence-corrected chi connectivity index (χ1v) is 6.76. The van der Waals surface area contributed by atoms with Gasteiger partial charge in [-0.1, -0.05) is 0 Å². The molecule has 2 heterocycles. The second kappa shape index (κ2) is 5.55. The fourth-order valence-corrected chi connectivity index (χ4v) is 3.52. The highest BCUT2D eigenvalue weighted by Gasteiger charge is 2.28. The van der Waals surface area contributed by atoms with Gasteiger partial charge < -0.3 is 10.1 Å². The molecule has 88 valence electrons. The van der Waals surface area contributed by atoms with Gasteiger partial charge in [0, 0.05) is 6.20 Å². The second-order valence-electron chi connectivity index (χ2n) is 3.98. The number of rotatable bonds is 4. The molecule has 1 fully saturated rings. The Kier molecular flexibility index (Phi) is 4.07. The number of pyridine rings is 1. The van der Waals surface area contributed by atoms with E-state index in [4.69, 9.17) is 4.74 Å². The van der Waals surface area contributed by atoms with Gasteiger partial charge >= 0.3 is 0 Å². The van der Waals surface area contributed by atoms with E-state index >= 15 is 0 Å². The minimum atomic E-state index is 0.311. The maximum absolute atomic E-state index is 5.38. The molecule has 1 aliphatic rings. The highest BCUT2D eigenvalue weighted by Crippen LogP contribution is 2.36. The van der Waals surface area contributed by atoms with Crippen LogP contribution < -0.4 is 10.1 Å². The number of hydrogen-bond donors (Lipinski definition) is 1. The summed E-state index contributed by atoms with van der Waals surface area (Å²) in [5.74, 6) is 4.03. The van der Waals surface area contributed by atoms with Gasteiger partial charge in [-0.25, -0.2) is 0 Å². The average molecular weight is 238 g/mol. The maximum Gasteiger partial charge on any atom is 0.141 e. The number of methoxy groups -OCH3 is 1. The van der Waals surface area contributed by atoms with Crippen LogP contribution in [0.3, 0.4) is 0 Å². The molecule has 1 aliphatic heterocycles. The summed E-state index contributed by atoms with van der Waals surface area (Å²) >= 11 is 2.03. The van der Waals surface area contributed by atoms with E-state index in [-0.39, 0.29) is 0 Å². The van der Waals surface area contributed by atoms with Crippen molar-refractivity contribution in [2.24, 2.45) is 5.92 Å². The van der Waals surface area contributed by atoms with E-state index < -0.39 is 0 Å². The first-order chi connectivity index (χ1) is 7.86. The molecule has 2 unspecified atom stereocenters. The maximum atomic E-state index is 5.38. The standard InChI is InChI=1S/C12H18N2OS/c1-13-11(9-5-7-16-8-9)12-10(15-2)4-3-6-14-12/h3-4,6,9,11,13H,5,7-8H2,1-2H3. The van der Waals surface area contributed by atoms with E-state index in [0.29, 0.717) is 12.0 Å². The molecule has 0 aliphatic carbocycles. The first-order valence-electron chi connectivity index (χ1n) is 5.60. The highest BCUT2D eigenvalue weighted by molar-refractivity contribution is 7.99. The fraction of sp³-hybridized carbons (Fsp3) is 0.583. The summed E-state index contributed by atoms with van der Waals surface area (Å²) in [5, 5.41) is 3.38. The summed E-state index contributed by atoms with van der Waals surface area (Å²) in [6, 6.07) is 4.21. The lowest BCUT2D eigenvalue weighted by atomic mass is 9.95. The van der Waals surface area contributed by atoms with E-state index in [9.17, 15) is 0 Å². The molecule has 1 saturated heterocycles. The molecule has 0 radical (unpaired) electrons. The molecule has 2 rings (SSSR count). The Bertz CT molecular complexity index is 340. The molecule has 0 aromatic carbocycles. The van der Waals surface area contributed by atoms with Gasteiger partial charge in [-0.05, 0) is 43.0 Å². The highest BCUT2D eigenvalue weighted by atomic mass is 32.2. The van der Waals surface area contributed by atoms with Crippen molar-refractivity contribution in [1.29, 1.82) is 0 Å². The van der Waals surface area contributed by atoms with Crippen molar-refractivity contribution < 1.29 is 4.74 Å². The van der Waals surface area contributed by atoms with Crippen molar-refractivity contribution in [2.75, 3.05) is 25.7 Å². The summed E-state index contributed by atoms with van der Waals surface area (Å²) in [6.45, 7) is 0. The van der Waals surface area contributed by atoms with Crippen LogP contribution in [0, 0.1) is 5.92 Å². The molecule has 1 aromatic heterocycles. The normalized spacial score (nSPS) is 22.0. The number of nitrogens with one attached hydrogen (secondary N) is 1. The van der Waals surface area contributed by atoms with Crippen LogP contribution in [-0.4, -0.2) is 30.6 Å². The van der Waals surface area contributed by atoms with Crippen molar-refractivity contribution in [3.8, 4) is 5.75 Å². The summed E-state index contributed by atoms with van der Waals surface area (Å²) in [7, 11) is 3.71. The average Bonchev–Trinajstić information content (AvgIpc) is 2.84. The molecule has 1 aromatic rings. The van der Waals surface area contributed by atoms with E-state index in [2.05, 4.69) is 10.3 Å². The Morgan fingerprint density at radius 3 is 3.12 bits per heavy atom. The first kappa shape index (κ1) is 11.7. The summed E-state index contributed by atoms with van der Waals surface area (Å²) < 4.78 is 5.38. The van der Waals surface area contributed by atoms with Crippen LogP contribution in [0.25, 0.3) is 0 Å². The van der Waals surface area contributed by atoms with Crippen molar-refractivity contribution >= 4 is 11.8 Å². The zero-order chi connectivity index (χ0) is 11.4. The second-order valence-corrected chi connectivity index (χ2v) is 5.13. The van der Waals surface area contributed by atoms with Crippen LogP contribution in [0.5, 0.6) is 5.75 Å². The Balaban J connectivity index is 2.24. The summed E-state index contributed by atoms with van der Waals surface area (Å²) in [4.78, 5) is 4.47. The van der Waals surface area contributed by atoms with E-state index in [1.54, 1.807) is 7.11 Å². The van der Waals surface area contributed by atoms with Crippen molar-refractivity contribution in [2.45, 2.75) is 12.5 Å². The van der Waals surface area contributed by atoms with Gasteiger partial charge in [0.2, 0.25) is 0 Å². The van der Waals surface area contributed by atoms with Gasteiger partial charge in [0.25, 0.3) is 0 Å². The van der Waals surface area contributed by atoms with Crippen LogP contribution in [-0.2, 0) is 0 Å². The van der Waals surface area contributed by atoms with Crippen molar-refractivity contribution in [3.63, 3.8) is 0 Å². The molecule has 3 nitrogen and oxygen atoms in total. The molecular weight excluding hydrogens is 220 g/mol. The number of hydrogen-bond acceptors (Lipinski definition) is 4. The molecule has 4 heteroatoms. The predicted octanol–water partition coefficient (Wildman–Crippen LogP) is 2.10. The minimum absolute atomic E-state index is 0.311. The Labute approximate surface area is 101 Å². The van der Waals surface area contributed by atoms with Gasteiger partial charge in [0.15, 0.2) is 0 Å². The van der Waals surface area contributed by atoms with Gasteiger partial charge in [0.1, 0.15) is 5.75 Å². The minimum Gasteiger partial charge on any atom is -0.495 e. The van der Waals surface area contributed by atoms with Crippen LogP contribution in [0.4, 0.5) is 0 Å². The van der Waals surface area contributed by atoms with E-state index in [1.807, 2.05) is 37.1 Å². The van der Waals surface area contributed by atoms with Gasteiger partial charge in [-0.15, -0.1) is 0 Å². The smallest absolute Gasteiger partial charge is 0.141 e. The van der Waals surface area contributed by atoms with Crippen LogP contribution in [0.1, 0.15) is 18.2 Å². The van der Waals surface area contributed by atoms with Crippen LogP contribution in [0.15, 0.2) is 18.3 Å². The number of aromatic nitrogens is 1. The zero-order valence-corrected chi connectivity index (χ0v) is 10.6. The monoisotopic (exact) mass is 238 g/mol. The number of thioether (sulfide) groups is 1. The molecule has 2 atom stereocenters. The SMILES string of the molecule is CNC(c1ncccc1OC)C1CCSC1. The van der Waals surface area contributed by atoms with Crippen LogP contribution in [0.2, 0.25) is 0 Å². The third-order valence-corrected chi connectivity index (χ3v) is 4.25. The van der Waals surface area contributed by atoms with E-state index in [1.165, 1.54) is 17.9 Å². The molecule has 0 saturated carbocycles. The number of nitrogens with zero attached hydrogens (tertiary/aromatic N) is 1. The lowest BCUT2D eigenvalue weighted by Gasteiger charge is -2.23. The molecule has 0 spiro atoms. The third kappa shape index (κ3) is 2.33. The molecule has 0 bridgehead atoms. The molecule has 1 N–H and O–H groups in total. The van der Waals surface area contributed by atoms with Crippen molar-refractivity contribution in [3.05, 3.63) is 24.0 Å². The Morgan fingerprint density at radius 1 is 1.62 bits per heavy atom. The predicted molar refractivity (Wildman–Crippen MR) is 68.0 cm³/mol. The Morgan fingerprint density at radius 2 is 2.50 bits per heavy atom. The third-order valence-electron chi connectivity index (χ3n) is 3.06. The van der Waals surface area contributed by atoms with Gasteiger partial charge in [-0.3, -0.25) is 4.98 Å². The van der Waals surface area contributed by atoms with E-state index in [0.717, 1.165) is 11.4 Å². The molecule has 16 heavy (non-hydrogen) atoms. The van der Waals surface area contributed by atoms with Crippen LogP contribution >= 0.6 is 11.8 Å². The lowest BCUT2D eigenvalue weighted by Crippen LogP contribution is -2.26. The zero-order valence-electron chi connectivity index (χ0n) is 9.77. The largest absolute Gasteiger partial charge is 0.495 e. The van der Waals surface area contributed by atoms with Gasteiger partial charge in [0.05, 0.1) is 18.8 Å². The molecular formula is C12H18N2OS. The quantitative estimate of drug-likeness (QED) is 0.871. The van der Waals surface area contributed by atoms with Crippen molar-refractivity contribution in [1.82, 2.24) is 10.3 Å². The number of ether oxygens (including phenoxy) is 1. The summed E-state index contributed by atoms with van der Waals surface area (Å²) in [5.41, 5.74) is 1.04.